The molecule has 0 aromatic heterocycles. The highest BCUT2D eigenvalue weighted by molar-refractivity contribution is 5.44. The van der Waals surface area contributed by atoms with Crippen LogP contribution < -0.4 is 14.8 Å². The molecule has 1 unspecified atom stereocenters. The lowest BCUT2D eigenvalue weighted by atomic mass is 10.1. The van der Waals surface area contributed by atoms with E-state index in [9.17, 15) is 5.11 Å². The SMILES string of the molecule is CC(C)NCC(O)C1=C(CN2CCCCC2)Oc2ccccc2O1. The second-order valence-electron chi connectivity index (χ2n) is 6.85. The van der Waals surface area contributed by atoms with E-state index in [0.29, 0.717) is 30.6 Å². The zero-order valence-electron chi connectivity index (χ0n) is 14.6. The summed E-state index contributed by atoms with van der Waals surface area (Å²) in [5.74, 6) is 2.65. The summed E-state index contributed by atoms with van der Waals surface area (Å²) in [5, 5.41) is 13.9. The van der Waals surface area contributed by atoms with Gasteiger partial charge in [0.15, 0.2) is 23.0 Å². The third-order valence-corrected chi connectivity index (χ3v) is 4.42. The van der Waals surface area contributed by atoms with E-state index in [-0.39, 0.29) is 0 Å². The first-order chi connectivity index (χ1) is 11.6. The molecule has 0 saturated carbocycles. The molecule has 132 valence electrons. The summed E-state index contributed by atoms with van der Waals surface area (Å²) < 4.78 is 12.1. The number of fused-ring (bicyclic) bond motifs is 1. The van der Waals surface area contributed by atoms with Gasteiger partial charge in [-0.25, -0.2) is 0 Å². The Hall–Kier alpha value is -1.56. The van der Waals surface area contributed by atoms with E-state index >= 15 is 0 Å². The normalized spacial score (nSPS) is 19.7. The van der Waals surface area contributed by atoms with Crippen molar-refractivity contribution in [1.29, 1.82) is 0 Å². The lowest BCUT2D eigenvalue weighted by Gasteiger charge is -2.31. The zero-order chi connectivity index (χ0) is 16.9. The van der Waals surface area contributed by atoms with Crippen molar-refractivity contribution in [1.82, 2.24) is 10.2 Å². The van der Waals surface area contributed by atoms with Crippen LogP contribution in [0.1, 0.15) is 33.1 Å². The van der Waals surface area contributed by atoms with Crippen LogP contribution in [0.4, 0.5) is 0 Å². The van der Waals surface area contributed by atoms with Crippen LogP contribution in [-0.4, -0.2) is 48.3 Å². The van der Waals surface area contributed by atoms with E-state index in [4.69, 9.17) is 9.47 Å². The van der Waals surface area contributed by atoms with Crippen molar-refractivity contribution < 1.29 is 14.6 Å². The average molecular weight is 332 g/mol. The minimum Gasteiger partial charge on any atom is -0.453 e. The number of hydrogen-bond acceptors (Lipinski definition) is 5. The molecule has 1 fully saturated rings. The first kappa shape index (κ1) is 17.3. The molecule has 0 amide bonds. The van der Waals surface area contributed by atoms with Crippen molar-refractivity contribution >= 4 is 0 Å². The molecule has 2 N–H and O–H groups in total. The van der Waals surface area contributed by atoms with Gasteiger partial charge in [0.2, 0.25) is 0 Å². The van der Waals surface area contributed by atoms with Gasteiger partial charge >= 0.3 is 0 Å². The Bertz CT molecular complexity index is 580. The van der Waals surface area contributed by atoms with Gasteiger partial charge in [0, 0.05) is 12.6 Å². The van der Waals surface area contributed by atoms with Crippen LogP contribution in [0.2, 0.25) is 0 Å². The highest BCUT2D eigenvalue weighted by atomic mass is 16.6. The molecule has 1 aromatic rings. The van der Waals surface area contributed by atoms with Crippen LogP contribution in [0.15, 0.2) is 35.8 Å². The zero-order valence-corrected chi connectivity index (χ0v) is 14.6. The van der Waals surface area contributed by atoms with Crippen LogP contribution in [-0.2, 0) is 0 Å². The predicted octanol–water partition coefficient (Wildman–Crippen LogP) is 2.51. The summed E-state index contributed by atoms with van der Waals surface area (Å²) in [4.78, 5) is 2.37. The summed E-state index contributed by atoms with van der Waals surface area (Å²) in [6.45, 7) is 7.39. The molecule has 0 spiro atoms. The third kappa shape index (κ3) is 4.29. The maximum absolute atomic E-state index is 10.6. The number of ether oxygens (including phenoxy) is 2. The van der Waals surface area contributed by atoms with Crippen molar-refractivity contribution in [3.05, 3.63) is 35.8 Å². The molecular formula is C19H28N2O3. The van der Waals surface area contributed by atoms with Crippen LogP contribution in [0, 0.1) is 0 Å². The van der Waals surface area contributed by atoms with E-state index in [1.165, 1.54) is 19.3 Å². The number of benzene rings is 1. The molecule has 0 bridgehead atoms. The summed E-state index contributed by atoms with van der Waals surface area (Å²) >= 11 is 0. The lowest BCUT2D eigenvalue weighted by molar-refractivity contribution is 0.124. The molecule has 1 atom stereocenters. The van der Waals surface area contributed by atoms with Crippen molar-refractivity contribution in [2.24, 2.45) is 0 Å². The molecule has 1 saturated heterocycles. The molecule has 5 heteroatoms. The number of piperidine rings is 1. The molecular weight excluding hydrogens is 304 g/mol. The maximum Gasteiger partial charge on any atom is 0.174 e. The Morgan fingerprint density at radius 2 is 1.75 bits per heavy atom. The Morgan fingerprint density at radius 1 is 1.08 bits per heavy atom. The Balaban J connectivity index is 1.78. The van der Waals surface area contributed by atoms with E-state index in [0.717, 1.165) is 24.6 Å². The number of nitrogens with one attached hydrogen (secondary N) is 1. The van der Waals surface area contributed by atoms with Gasteiger partial charge < -0.3 is 19.9 Å². The summed E-state index contributed by atoms with van der Waals surface area (Å²) in [6, 6.07) is 7.93. The summed E-state index contributed by atoms with van der Waals surface area (Å²) in [7, 11) is 0. The van der Waals surface area contributed by atoms with E-state index in [2.05, 4.69) is 24.1 Å². The minimum absolute atomic E-state index is 0.308. The van der Waals surface area contributed by atoms with Gasteiger partial charge in [-0.1, -0.05) is 32.4 Å². The molecule has 1 aromatic carbocycles. The van der Waals surface area contributed by atoms with E-state index < -0.39 is 6.10 Å². The van der Waals surface area contributed by atoms with Crippen LogP contribution in [0.3, 0.4) is 0 Å². The standard InChI is InChI=1S/C19H28N2O3/c1-14(2)20-12-15(22)19-18(13-21-10-6-3-7-11-21)23-16-8-4-5-9-17(16)24-19/h4-5,8-9,14-15,20,22H,3,6-7,10-13H2,1-2H3. The van der Waals surface area contributed by atoms with Crippen LogP contribution in [0.5, 0.6) is 11.5 Å². The fourth-order valence-corrected chi connectivity index (χ4v) is 3.10. The van der Waals surface area contributed by atoms with Crippen LogP contribution >= 0.6 is 0 Å². The van der Waals surface area contributed by atoms with Gasteiger partial charge in [-0.3, -0.25) is 4.90 Å². The summed E-state index contributed by atoms with van der Waals surface area (Å²) in [6.07, 6.45) is 3.01. The molecule has 5 nitrogen and oxygen atoms in total. The minimum atomic E-state index is -0.722. The second kappa shape index (κ2) is 8.01. The van der Waals surface area contributed by atoms with Gasteiger partial charge in [0.05, 0.1) is 6.54 Å². The van der Waals surface area contributed by atoms with Gasteiger partial charge in [0.25, 0.3) is 0 Å². The third-order valence-electron chi connectivity index (χ3n) is 4.42. The fourth-order valence-electron chi connectivity index (χ4n) is 3.10. The number of hydrogen-bond donors (Lipinski definition) is 2. The first-order valence-corrected chi connectivity index (χ1v) is 8.95. The molecule has 2 heterocycles. The van der Waals surface area contributed by atoms with Crippen molar-refractivity contribution in [3.8, 4) is 11.5 Å². The van der Waals surface area contributed by atoms with Gasteiger partial charge in [-0.05, 0) is 38.1 Å². The quantitative estimate of drug-likeness (QED) is 0.838. The van der Waals surface area contributed by atoms with Gasteiger partial charge in [0.1, 0.15) is 6.10 Å². The lowest BCUT2D eigenvalue weighted by Crippen LogP contribution is -2.39. The Kier molecular flexibility index (Phi) is 5.76. The fraction of sp³-hybridized carbons (Fsp3) is 0.579. The van der Waals surface area contributed by atoms with Crippen molar-refractivity contribution in [3.63, 3.8) is 0 Å². The van der Waals surface area contributed by atoms with Gasteiger partial charge in [-0.2, -0.15) is 0 Å². The number of para-hydroxylation sites is 2. The maximum atomic E-state index is 10.6. The monoisotopic (exact) mass is 332 g/mol. The van der Waals surface area contributed by atoms with E-state index in [1.54, 1.807) is 0 Å². The van der Waals surface area contributed by atoms with E-state index in [1.807, 2.05) is 24.3 Å². The first-order valence-electron chi connectivity index (χ1n) is 8.95. The van der Waals surface area contributed by atoms with Crippen molar-refractivity contribution in [2.45, 2.75) is 45.3 Å². The topological polar surface area (TPSA) is 54.0 Å². The Morgan fingerprint density at radius 3 is 2.42 bits per heavy atom. The van der Waals surface area contributed by atoms with Gasteiger partial charge in [-0.15, -0.1) is 0 Å². The van der Waals surface area contributed by atoms with Crippen LogP contribution in [0.25, 0.3) is 0 Å². The number of aliphatic hydroxyl groups is 1. The smallest absolute Gasteiger partial charge is 0.174 e. The highest BCUT2D eigenvalue weighted by Crippen LogP contribution is 2.36. The number of rotatable bonds is 6. The number of nitrogens with zero attached hydrogens (tertiary/aromatic N) is 1. The molecule has 0 aliphatic carbocycles. The molecule has 2 aliphatic heterocycles. The largest absolute Gasteiger partial charge is 0.453 e. The number of aliphatic hydroxyl groups excluding tert-OH is 1. The summed E-state index contributed by atoms with van der Waals surface area (Å²) in [5.41, 5.74) is 0. The number of likely N-dealkylation sites (tertiary alicyclic amines) is 1. The predicted molar refractivity (Wildman–Crippen MR) is 94.2 cm³/mol. The van der Waals surface area contributed by atoms with Crippen molar-refractivity contribution in [2.75, 3.05) is 26.2 Å². The average Bonchev–Trinajstić information content (AvgIpc) is 2.60. The second-order valence-corrected chi connectivity index (χ2v) is 6.85. The Labute approximate surface area is 144 Å². The highest BCUT2D eigenvalue weighted by Gasteiger charge is 2.28. The molecule has 2 aliphatic rings. The molecule has 3 rings (SSSR count). The molecule has 24 heavy (non-hydrogen) atoms. The molecule has 0 radical (unpaired) electrons.